The molecule has 1 aliphatic carbocycles. The molecule has 1 saturated carbocycles. The molecule has 4 rings (SSSR count). The van der Waals surface area contributed by atoms with Gasteiger partial charge < -0.3 is 23.7 Å². The second-order valence-corrected chi connectivity index (χ2v) is 7.56. The molecule has 1 aromatic heterocycles. The van der Waals surface area contributed by atoms with E-state index in [1.807, 2.05) is 44.2 Å². The smallest absolute Gasteiger partial charge is 0.242 e. The highest BCUT2D eigenvalue weighted by Gasteiger charge is 2.34. The minimum atomic E-state index is -0.0922. The molecule has 0 saturated heterocycles. The van der Waals surface area contributed by atoms with E-state index in [1.165, 1.54) is 0 Å². The quantitative estimate of drug-likeness (QED) is 0.683. The summed E-state index contributed by atoms with van der Waals surface area (Å²) in [5.41, 5.74) is 0.936. The molecule has 0 unspecified atom stereocenters. The zero-order valence-electron chi connectivity index (χ0n) is 16.8. The summed E-state index contributed by atoms with van der Waals surface area (Å²) in [6.07, 6.45) is 2.35. The normalized spacial score (nSPS) is 14.7. The van der Waals surface area contributed by atoms with Gasteiger partial charge in [-0.1, -0.05) is 13.0 Å². The van der Waals surface area contributed by atoms with E-state index in [0.29, 0.717) is 31.0 Å². The Hall–Kier alpha value is -2.96. The molecular formula is C22H26N2O5. The molecule has 0 radical (unpaired) electrons. The summed E-state index contributed by atoms with van der Waals surface area (Å²) in [5, 5.41) is 0. The Kier molecular flexibility index (Phi) is 5.47. The predicted molar refractivity (Wildman–Crippen MR) is 105 cm³/mol. The van der Waals surface area contributed by atoms with Crippen LogP contribution in [0.15, 0.2) is 34.7 Å². The summed E-state index contributed by atoms with van der Waals surface area (Å²) in [6, 6.07) is 9.64. The fraction of sp³-hybridized carbons (Fsp3) is 0.455. The molecule has 7 heteroatoms. The maximum atomic E-state index is 13.2. The Labute approximate surface area is 170 Å². The van der Waals surface area contributed by atoms with Crippen LogP contribution in [0.2, 0.25) is 0 Å². The first-order chi connectivity index (χ1) is 14.0. The number of amides is 2. The van der Waals surface area contributed by atoms with E-state index < -0.39 is 0 Å². The van der Waals surface area contributed by atoms with Crippen molar-refractivity contribution in [3.63, 3.8) is 0 Å². The first-order valence-electron chi connectivity index (χ1n) is 10.0. The fourth-order valence-electron chi connectivity index (χ4n) is 3.51. The molecule has 1 aromatic carbocycles. The largest absolute Gasteiger partial charge is 0.464 e. The maximum Gasteiger partial charge on any atom is 0.242 e. The Balaban J connectivity index is 1.52. The number of hydrogen-bond donors (Lipinski definition) is 0. The number of carbonyl (C=O) groups is 2. The van der Waals surface area contributed by atoms with Crippen molar-refractivity contribution in [1.82, 2.24) is 9.80 Å². The number of furan rings is 1. The molecule has 1 fully saturated rings. The lowest BCUT2D eigenvalue weighted by molar-refractivity contribution is -0.141. The molecule has 0 spiro atoms. The van der Waals surface area contributed by atoms with Gasteiger partial charge in [-0.3, -0.25) is 9.59 Å². The van der Waals surface area contributed by atoms with E-state index in [4.69, 9.17) is 13.9 Å². The highest BCUT2D eigenvalue weighted by Crippen LogP contribution is 2.33. The topological polar surface area (TPSA) is 72.2 Å². The number of rotatable bonds is 8. The van der Waals surface area contributed by atoms with Gasteiger partial charge in [-0.05, 0) is 49.6 Å². The van der Waals surface area contributed by atoms with Crippen LogP contribution in [0.5, 0.6) is 11.5 Å². The molecule has 2 aliphatic rings. The minimum absolute atomic E-state index is 0.0257. The van der Waals surface area contributed by atoms with Gasteiger partial charge >= 0.3 is 0 Å². The third-order valence-corrected chi connectivity index (χ3v) is 5.22. The highest BCUT2D eigenvalue weighted by atomic mass is 16.7. The Morgan fingerprint density at radius 1 is 1.03 bits per heavy atom. The van der Waals surface area contributed by atoms with Crippen LogP contribution in [0.4, 0.5) is 0 Å². The standard InChI is InChI=1S/C22H26N2O5/c1-3-21(25)24(17-6-7-17)13-22(26)23(12-18-8-4-15(2)29-18)11-16-5-9-19-20(10-16)28-14-27-19/h4-5,8-10,17H,3,6-7,11-14H2,1-2H3. The summed E-state index contributed by atoms with van der Waals surface area (Å²) in [4.78, 5) is 29.0. The second-order valence-electron chi connectivity index (χ2n) is 7.56. The second kappa shape index (κ2) is 8.19. The third-order valence-electron chi connectivity index (χ3n) is 5.22. The van der Waals surface area contributed by atoms with Gasteiger partial charge in [0, 0.05) is 19.0 Å². The van der Waals surface area contributed by atoms with Crippen LogP contribution in [-0.4, -0.2) is 41.0 Å². The van der Waals surface area contributed by atoms with Crippen LogP contribution in [-0.2, 0) is 22.7 Å². The van der Waals surface area contributed by atoms with Gasteiger partial charge in [0.15, 0.2) is 11.5 Å². The average molecular weight is 398 g/mol. The SMILES string of the molecule is CCC(=O)N(CC(=O)N(Cc1ccc2c(c1)OCO2)Cc1ccc(C)o1)C1CC1. The molecule has 154 valence electrons. The zero-order chi connectivity index (χ0) is 20.4. The monoisotopic (exact) mass is 398 g/mol. The van der Waals surface area contributed by atoms with Crippen molar-refractivity contribution in [3.8, 4) is 11.5 Å². The van der Waals surface area contributed by atoms with Crippen molar-refractivity contribution < 1.29 is 23.5 Å². The van der Waals surface area contributed by atoms with Crippen molar-refractivity contribution in [2.75, 3.05) is 13.3 Å². The highest BCUT2D eigenvalue weighted by molar-refractivity contribution is 5.85. The van der Waals surface area contributed by atoms with E-state index in [1.54, 1.807) is 9.80 Å². The van der Waals surface area contributed by atoms with Gasteiger partial charge in [0.25, 0.3) is 0 Å². The Bertz CT molecular complexity index is 902. The molecule has 7 nitrogen and oxygen atoms in total. The van der Waals surface area contributed by atoms with Crippen LogP contribution in [0, 0.1) is 6.92 Å². The van der Waals surface area contributed by atoms with Crippen LogP contribution in [0.3, 0.4) is 0 Å². The molecule has 2 aromatic rings. The number of fused-ring (bicyclic) bond motifs is 1. The van der Waals surface area contributed by atoms with Crippen LogP contribution in [0.25, 0.3) is 0 Å². The van der Waals surface area contributed by atoms with Crippen molar-refractivity contribution >= 4 is 11.8 Å². The predicted octanol–water partition coefficient (Wildman–Crippen LogP) is 3.25. The van der Waals surface area contributed by atoms with Gasteiger partial charge in [-0.2, -0.15) is 0 Å². The minimum Gasteiger partial charge on any atom is -0.464 e. The zero-order valence-corrected chi connectivity index (χ0v) is 16.8. The van der Waals surface area contributed by atoms with Gasteiger partial charge in [0.05, 0.1) is 6.54 Å². The first kappa shape index (κ1) is 19.4. The maximum absolute atomic E-state index is 13.2. The number of ether oxygens (including phenoxy) is 2. The summed E-state index contributed by atoms with van der Waals surface area (Å²) in [7, 11) is 0. The van der Waals surface area contributed by atoms with E-state index >= 15 is 0 Å². The van der Waals surface area contributed by atoms with E-state index in [9.17, 15) is 9.59 Å². The summed E-state index contributed by atoms with van der Waals surface area (Å²) >= 11 is 0. The molecule has 2 heterocycles. The van der Waals surface area contributed by atoms with E-state index in [2.05, 4.69) is 0 Å². The molecule has 29 heavy (non-hydrogen) atoms. The van der Waals surface area contributed by atoms with Gasteiger partial charge in [0.1, 0.15) is 18.1 Å². The summed E-state index contributed by atoms with van der Waals surface area (Å²) in [6.45, 7) is 4.76. The number of benzene rings is 1. The molecule has 2 amide bonds. The first-order valence-corrected chi connectivity index (χ1v) is 10.0. The number of nitrogens with zero attached hydrogens (tertiary/aromatic N) is 2. The fourth-order valence-corrected chi connectivity index (χ4v) is 3.51. The molecular weight excluding hydrogens is 372 g/mol. The number of hydrogen-bond acceptors (Lipinski definition) is 5. The third kappa shape index (κ3) is 4.55. The van der Waals surface area contributed by atoms with Crippen LogP contribution < -0.4 is 9.47 Å². The van der Waals surface area contributed by atoms with Crippen LogP contribution >= 0.6 is 0 Å². The Morgan fingerprint density at radius 2 is 1.83 bits per heavy atom. The van der Waals surface area contributed by atoms with Crippen molar-refractivity contribution in [2.24, 2.45) is 0 Å². The van der Waals surface area contributed by atoms with Crippen molar-refractivity contribution in [3.05, 3.63) is 47.4 Å². The lowest BCUT2D eigenvalue weighted by Crippen LogP contribution is -2.43. The van der Waals surface area contributed by atoms with Gasteiger partial charge in [-0.15, -0.1) is 0 Å². The van der Waals surface area contributed by atoms with Crippen molar-refractivity contribution in [1.29, 1.82) is 0 Å². The van der Waals surface area contributed by atoms with Crippen LogP contribution in [0.1, 0.15) is 43.3 Å². The average Bonchev–Trinajstić information content (AvgIpc) is 3.31. The molecule has 0 N–H and O–H groups in total. The van der Waals surface area contributed by atoms with Gasteiger partial charge in [0.2, 0.25) is 18.6 Å². The number of aryl methyl sites for hydroxylation is 1. The molecule has 0 atom stereocenters. The number of carbonyl (C=O) groups excluding carboxylic acids is 2. The summed E-state index contributed by atoms with van der Waals surface area (Å²) in [5.74, 6) is 2.85. The van der Waals surface area contributed by atoms with E-state index in [-0.39, 0.29) is 31.2 Å². The van der Waals surface area contributed by atoms with Crippen molar-refractivity contribution in [2.45, 2.75) is 52.2 Å². The lowest BCUT2D eigenvalue weighted by atomic mass is 10.2. The van der Waals surface area contributed by atoms with Gasteiger partial charge in [-0.25, -0.2) is 0 Å². The molecule has 0 bridgehead atoms. The van der Waals surface area contributed by atoms with E-state index in [0.717, 1.165) is 29.9 Å². The molecule has 1 aliphatic heterocycles. The summed E-state index contributed by atoms with van der Waals surface area (Å²) < 4.78 is 16.5. The lowest BCUT2D eigenvalue weighted by Gasteiger charge is -2.27. The Morgan fingerprint density at radius 3 is 2.52 bits per heavy atom.